The minimum Gasteiger partial charge on any atom is -0.325 e. The Labute approximate surface area is 180 Å². The van der Waals surface area contributed by atoms with Crippen molar-refractivity contribution in [1.82, 2.24) is 4.98 Å². The molecule has 0 saturated heterocycles. The second-order valence-electron chi connectivity index (χ2n) is 6.20. The van der Waals surface area contributed by atoms with E-state index in [9.17, 15) is 4.79 Å². The zero-order valence-electron chi connectivity index (χ0n) is 14.9. The van der Waals surface area contributed by atoms with Gasteiger partial charge in [-0.2, -0.15) is 11.8 Å². The quantitative estimate of drug-likeness (QED) is 0.380. The van der Waals surface area contributed by atoms with Crippen molar-refractivity contribution in [1.29, 1.82) is 0 Å². The van der Waals surface area contributed by atoms with Crippen LogP contribution in [0.5, 0.6) is 0 Å². The SMILES string of the molecule is Cc1cc(C)cc(Sc2c(CSCc3cccs3)c(C)[nH]c(=O)c2I)c1. The number of benzene rings is 1. The number of H-pyrrole nitrogens is 1. The Morgan fingerprint density at radius 2 is 1.85 bits per heavy atom. The van der Waals surface area contributed by atoms with Gasteiger partial charge in [0.15, 0.2) is 0 Å². The van der Waals surface area contributed by atoms with E-state index in [1.807, 2.05) is 18.7 Å². The van der Waals surface area contributed by atoms with Gasteiger partial charge in [0.25, 0.3) is 5.56 Å². The van der Waals surface area contributed by atoms with E-state index in [0.717, 1.165) is 25.7 Å². The molecular formula is C20H20INOS3. The third kappa shape index (κ3) is 4.97. The Morgan fingerprint density at radius 1 is 1.12 bits per heavy atom. The Kier molecular flexibility index (Phi) is 6.93. The number of pyridine rings is 1. The summed E-state index contributed by atoms with van der Waals surface area (Å²) in [5.41, 5.74) is 4.71. The van der Waals surface area contributed by atoms with Crippen molar-refractivity contribution in [2.24, 2.45) is 0 Å². The third-order valence-electron chi connectivity index (χ3n) is 3.91. The molecule has 1 N–H and O–H groups in total. The number of halogens is 1. The zero-order chi connectivity index (χ0) is 18.7. The molecule has 0 aliphatic rings. The maximum atomic E-state index is 12.3. The maximum absolute atomic E-state index is 12.3. The van der Waals surface area contributed by atoms with Crippen molar-refractivity contribution < 1.29 is 0 Å². The Morgan fingerprint density at radius 3 is 2.50 bits per heavy atom. The van der Waals surface area contributed by atoms with Crippen molar-refractivity contribution in [2.75, 3.05) is 0 Å². The lowest BCUT2D eigenvalue weighted by molar-refractivity contribution is 1.02. The molecule has 26 heavy (non-hydrogen) atoms. The fourth-order valence-corrected chi connectivity index (χ4v) is 6.86. The number of aromatic nitrogens is 1. The molecule has 2 aromatic heterocycles. The summed E-state index contributed by atoms with van der Waals surface area (Å²) in [5.74, 6) is 1.89. The van der Waals surface area contributed by atoms with Gasteiger partial charge in [-0.05, 0) is 83.6 Å². The molecule has 6 heteroatoms. The third-order valence-corrected chi connectivity index (χ3v) is 8.50. The molecule has 1 aromatic carbocycles. The van der Waals surface area contributed by atoms with Crippen molar-refractivity contribution in [3.05, 3.63) is 76.9 Å². The number of nitrogens with one attached hydrogen (secondary N) is 1. The largest absolute Gasteiger partial charge is 0.325 e. The second-order valence-corrected chi connectivity index (χ2v) is 10.4. The van der Waals surface area contributed by atoms with Gasteiger partial charge >= 0.3 is 0 Å². The van der Waals surface area contributed by atoms with Gasteiger partial charge in [0.1, 0.15) is 0 Å². The van der Waals surface area contributed by atoms with E-state index in [0.29, 0.717) is 0 Å². The van der Waals surface area contributed by atoms with Gasteiger partial charge in [0.05, 0.1) is 3.57 Å². The summed E-state index contributed by atoms with van der Waals surface area (Å²) in [5, 5.41) is 2.12. The summed E-state index contributed by atoms with van der Waals surface area (Å²) in [7, 11) is 0. The normalized spacial score (nSPS) is 11.1. The predicted molar refractivity (Wildman–Crippen MR) is 124 cm³/mol. The van der Waals surface area contributed by atoms with E-state index in [2.05, 4.69) is 77.1 Å². The Balaban J connectivity index is 1.90. The van der Waals surface area contributed by atoms with Crippen LogP contribution >= 0.6 is 57.5 Å². The minimum absolute atomic E-state index is 0.00184. The molecule has 3 aromatic rings. The molecule has 0 spiro atoms. The van der Waals surface area contributed by atoms with Crippen LogP contribution in [0.1, 0.15) is 27.3 Å². The topological polar surface area (TPSA) is 32.9 Å². The van der Waals surface area contributed by atoms with Crippen molar-refractivity contribution in [3.63, 3.8) is 0 Å². The highest BCUT2D eigenvalue weighted by molar-refractivity contribution is 14.1. The number of aromatic amines is 1. The van der Waals surface area contributed by atoms with Gasteiger partial charge in [-0.15, -0.1) is 11.3 Å². The molecule has 3 rings (SSSR count). The van der Waals surface area contributed by atoms with Crippen LogP contribution in [-0.4, -0.2) is 4.98 Å². The molecule has 0 aliphatic carbocycles. The molecule has 2 heterocycles. The van der Waals surface area contributed by atoms with Gasteiger partial charge in [-0.3, -0.25) is 4.79 Å². The molecular weight excluding hydrogens is 493 g/mol. The zero-order valence-corrected chi connectivity index (χ0v) is 19.5. The van der Waals surface area contributed by atoms with E-state index < -0.39 is 0 Å². The van der Waals surface area contributed by atoms with Crippen LogP contribution < -0.4 is 5.56 Å². The van der Waals surface area contributed by atoms with E-state index in [4.69, 9.17) is 0 Å². The lowest BCUT2D eigenvalue weighted by Gasteiger charge is -2.14. The lowest BCUT2D eigenvalue weighted by Crippen LogP contribution is -2.15. The summed E-state index contributed by atoms with van der Waals surface area (Å²) >= 11 is 7.58. The van der Waals surface area contributed by atoms with Crippen LogP contribution in [0.15, 0.2) is 50.3 Å². The number of thioether (sulfide) groups is 1. The highest BCUT2D eigenvalue weighted by atomic mass is 127. The molecule has 0 aliphatic heterocycles. The molecule has 0 atom stereocenters. The van der Waals surface area contributed by atoms with Gasteiger partial charge < -0.3 is 4.98 Å². The molecule has 0 bridgehead atoms. The van der Waals surface area contributed by atoms with Crippen LogP contribution in [0.2, 0.25) is 0 Å². The Bertz CT molecular complexity index is 944. The molecule has 0 fully saturated rings. The minimum atomic E-state index is 0.00184. The fraction of sp³-hybridized carbons (Fsp3) is 0.250. The number of aryl methyl sites for hydroxylation is 3. The first-order chi connectivity index (χ1) is 12.4. The smallest absolute Gasteiger partial charge is 0.262 e. The van der Waals surface area contributed by atoms with E-state index in [-0.39, 0.29) is 5.56 Å². The van der Waals surface area contributed by atoms with Crippen LogP contribution in [0.3, 0.4) is 0 Å². The average Bonchev–Trinajstić information content (AvgIpc) is 3.07. The predicted octanol–water partition coefficient (Wildman–Crippen LogP) is 6.55. The summed E-state index contributed by atoms with van der Waals surface area (Å²) in [6, 6.07) is 10.8. The standard InChI is InChI=1S/C20H20INOS3/c1-12-7-13(2)9-16(8-12)26-19-17(14(3)22-20(23)18(19)21)11-24-10-15-5-4-6-25-15/h4-9H,10-11H2,1-3H3,(H,22,23). The molecule has 0 radical (unpaired) electrons. The molecule has 136 valence electrons. The number of rotatable bonds is 6. The highest BCUT2D eigenvalue weighted by Gasteiger charge is 2.16. The van der Waals surface area contributed by atoms with E-state index in [1.54, 1.807) is 23.1 Å². The molecule has 2 nitrogen and oxygen atoms in total. The van der Waals surface area contributed by atoms with Gasteiger partial charge in [-0.1, -0.05) is 23.9 Å². The van der Waals surface area contributed by atoms with Crippen molar-refractivity contribution in [3.8, 4) is 0 Å². The van der Waals surface area contributed by atoms with Crippen LogP contribution in [0.4, 0.5) is 0 Å². The summed E-state index contributed by atoms with van der Waals surface area (Å²) in [6.07, 6.45) is 0. The van der Waals surface area contributed by atoms with Gasteiger partial charge in [0, 0.05) is 31.9 Å². The van der Waals surface area contributed by atoms with Crippen molar-refractivity contribution >= 4 is 57.5 Å². The average molecular weight is 513 g/mol. The number of hydrogen-bond donors (Lipinski definition) is 1. The number of thiophene rings is 1. The summed E-state index contributed by atoms with van der Waals surface area (Å²) in [4.78, 5) is 19.0. The summed E-state index contributed by atoms with van der Waals surface area (Å²) < 4.78 is 0.782. The van der Waals surface area contributed by atoms with Crippen LogP contribution in [0.25, 0.3) is 0 Å². The molecule has 0 saturated carbocycles. The summed E-state index contributed by atoms with van der Waals surface area (Å²) in [6.45, 7) is 6.23. The van der Waals surface area contributed by atoms with E-state index >= 15 is 0 Å². The number of hydrogen-bond acceptors (Lipinski definition) is 4. The van der Waals surface area contributed by atoms with Crippen LogP contribution in [-0.2, 0) is 11.5 Å². The lowest BCUT2D eigenvalue weighted by atomic mass is 10.2. The Hall–Kier alpha value is -0.700. The highest BCUT2D eigenvalue weighted by Crippen LogP contribution is 2.36. The first-order valence-electron chi connectivity index (χ1n) is 8.21. The first kappa shape index (κ1) is 20.0. The van der Waals surface area contributed by atoms with E-state index in [1.165, 1.54) is 26.5 Å². The second kappa shape index (κ2) is 8.99. The molecule has 0 unspecified atom stereocenters. The molecule has 0 amide bonds. The fourth-order valence-electron chi connectivity index (χ4n) is 2.74. The van der Waals surface area contributed by atoms with Gasteiger partial charge in [0.2, 0.25) is 0 Å². The maximum Gasteiger partial charge on any atom is 0.262 e. The van der Waals surface area contributed by atoms with Gasteiger partial charge in [-0.25, -0.2) is 0 Å². The van der Waals surface area contributed by atoms with Crippen LogP contribution in [0, 0.1) is 24.3 Å². The van der Waals surface area contributed by atoms with Crippen molar-refractivity contribution in [2.45, 2.75) is 42.1 Å². The monoisotopic (exact) mass is 513 g/mol. The first-order valence-corrected chi connectivity index (χ1v) is 12.1.